The maximum atomic E-state index is 14.0. The van der Waals surface area contributed by atoms with Crippen molar-refractivity contribution in [2.45, 2.75) is 44.8 Å². The SMILES string of the molecule is Cc1cccc(C(CCC2CCCO2)NN)c1F. The second kappa shape index (κ2) is 6.27. The second-order valence-electron chi connectivity index (χ2n) is 4.91. The number of nitrogens with two attached hydrogens (primary N) is 1. The van der Waals surface area contributed by atoms with Crippen LogP contribution in [0.4, 0.5) is 4.39 Å². The van der Waals surface area contributed by atoms with E-state index in [1.807, 2.05) is 6.07 Å². The molecule has 0 bridgehead atoms. The third-order valence-corrected chi connectivity index (χ3v) is 3.60. The number of aryl methyl sites for hydroxylation is 1. The lowest BCUT2D eigenvalue weighted by molar-refractivity contribution is 0.0995. The minimum atomic E-state index is -0.159. The molecular weight excluding hydrogens is 231 g/mol. The number of benzene rings is 1. The van der Waals surface area contributed by atoms with Gasteiger partial charge in [-0.3, -0.25) is 11.3 Å². The van der Waals surface area contributed by atoms with Gasteiger partial charge in [-0.05, 0) is 38.2 Å². The fraction of sp³-hybridized carbons (Fsp3) is 0.571. The molecule has 1 aromatic rings. The van der Waals surface area contributed by atoms with Crippen molar-refractivity contribution in [3.05, 3.63) is 35.1 Å². The first-order valence-electron chi connectivity index (χ1n) is 6.55. The zero-order chi connectivity index (χ0) is 13.0. The standard InChI is InChI=1S/C14H21FN2O/c1-10-4-2-6-12(14(10)15)13(17-16)8-7-11-5-3-9-18-11/h2,4,6,11,13,17H,3,5,7-9,16H2,1H3. The highest BCUT2D eigenvalue weighted by atomic mass is 19.1. The van der Waals surface area contributed by atoms with Gasteiger partial charge in [0.15, 0.2) is 0 Å². The summed E-state index contributed by atoms with van der Waals surface area (Å²) in [5, 5.41) is 0. The van der Waals surface area contributed by atoms with Crippen molar-refractivity contribution in [2.75, 3.05) is 6.61 Å². The number of hydrogen-bond donors (Lipinski definition) is 2. The summed E-state index contributed by atoms with van der Waals surface area (Å²) in [5.74, 6) is 5.39. The van der Waals surface area contributed by atoms with E-state index < -0.39 is 0 Å². The van der Waals surface area contributed by atoms with Crippen molar-refractivity contribution in [1.82, 2.24) is 5.43 Å². The lowest BCUT2D eigenvalue weighted by Gasteiger charge is -2.19. The Balaban J connectivity index is 2.00. The number of halogens is 1. The number of nitrogens with one attached hydrogen (secondary N) is 1. The number of hydrogen-bond acceptors (Lipinski definition) is 3. The van der Waals surface area contributed by atoms with Gasteiger partial charge in [-0.2, -0.15) is 0 Å². The van der Waals surface area contributed by atoms with Crippen LogP contribution in [0.25, 0.3) is 0 Å². The quantitative estimate of drug-likeness (QED) is 0.625. The monoisotopic (exact) mass is 252 g/mol. The first kappa shape index (κ1) is 13.5. The van der Waals surface area contributed by atoms with Crippen molar-refractivity contribution >= 4 is 0 Å². The van der Waals surface area contributed by atoms with Gasteiger partial charge in [-0.15, -0.1) is 0 Å². The predicted octanol–water partition coefficient (Wildman–Crippen LogP) is 2.60. The molecule has 1 aromatic carbocycles. The van der Waals surface area contributed by atoms with Crippen LogP contribution >= 0.6 is 0 Å². The largest absolute Gasteiger partial charge is 0.378 e. The Morgan fingerprint density at radius 2 is 2.39 bits per heavy atom. The predicted molar refractivity (Wildman–Crippen MR) is 69.4 cm³/mol. The molecule has 1 saturated heterocycles. The van der Waals surface area contributed by atoms with E-state index in [1.54, 1.807) is 19.1 Å². The maximum Gasteiger partial charge on any atom is 0.130 e. The Morgan fingerprint density at radius 1 is 1.56 bits per heavy atom. The Kier molecular flexibility index (Phi) is 4.69. The van der Waals surface area contributed by atoms with Crippen LogP contribution in [0.2, 0.25) is 0 Å². The smallest absolute Gasteiger partial charge is 0.130 e. The van der Waals surface area contributed by atoms with Crippen LogP contribution in [-0.4, -0.2) is 12.7 Å². The van der Waals surface area contributed by atoms with Crippen LogP contribution in [0, 0.1) is 12.7 Å². The summed E-state index contributed by atoms with van der Waals surface area (Å²) in [4.78, 5) is 0. The van der Waals surface area contributed by atoms with E-state index in [9.17, 15) is 4.39 Å². The van der Waals surface area contributed by atoms with E-state index in [4.69, 9.17) is 10.6 Å². The van der Waals surface area contributed by atoms with E-state index in [0.29, 0.717) is 17.2 Å². The van der Waals surface area contributed by atoms with Gasteiger partial charge in [0, 0.05) is 18.2 Å². The summed E-state index contributed by atoms with van der Waals surface area (Å²) < 4.78 is 19.6. The molecule has 0 radical (unpaired) electrons. The Bertz CT molecular complexity index is 391. The highest BCUT2D eigenvalue weighted by Crippen LogP contribution is 2.26. The molecule has 0 spiro atoms. The number of rotatable bonds is 5. The van der Waals surface area contributed by atoms with E-state index in [-0.39, 0.29) is 11.9 Å². The molecule has 4 heteroatoms. The average molecular weight is 252 g/mol. The van der Waals surface area contributed by atoms with E-state index in [0.717, 1.165) is 32.3 Å². The first-order valence-corrected chi connectivity index (χ1v) is 6.55. The molecule has 2 unspecified atom stereocenters. The third kappa shape index (κ3) is 3.07. The molecule has 0 aliphatic carbocycles. The zero-order valence-corrected chi connectivity index (χ0v) is 10.8. The minimum absolute atomic E-state index is 0.144. The zero-order valence-electron chi connectivity index (χ0n) is 10.8. The van der Waals surface area contributed by atoms with Crippen LogP contribution in [0.3, 0.4) is 0 Å². The average Bonchev–Trinajstić information content (AvgIpc) is 2.88. The van der Waals surface area contributed by atoms with Crippen LogP contribution in [-0.2, 0) is 4.74 Å². The van der Waals surface area contributed by atoms with Crippen molar-refractivity contribution in [2.24, 2.45) is 5.84 Å². The van der Waals surface area contributed by atoms with Gasteiger partial charge >= 0.3 is 0 Å². The van der Waals surface area contributed by atoms with E-state index in [1.165, 1.54) is 0 Å². The molecule has 2 atom stereocenters. The molecule has 1 fully saturated rings. The number of hydrazine groups is 1. The maximum absolute atomic E-state index is 14.0. The molecule has 0 amide bonds. The van der Waals surface area contributed by atoms with Crippen LogP contribution in [0.1, 0.15) is 42.9 Å². The molecule has 1 aliphatic rings. The normalized spacial score (nSPS) is 21.2. The van der Waals surface area contributed by atoms with Crippen molar-refractivity contribution in [3.63, 3.8) is 0 Å². The van der Waals surface area contributed by atoms with E-state index >= 15 is 0 Å². The first-order chi connectivity index (χ1) is 8.72. The molecule has 100 valence electrons. The highest BCUT2D eigenvalue weighted by molar-refractivity contribution is 5.27. The molecule has 3 nitrogen and oxygen atoms in total. The lowest BCUT2D eigenvalue weighted by Crippen LogP contribution is -2.29. The molecule has 1 heterocycles. The van der Waals surface area contributed by atoms with Crippen molar-refractivity contribution in [1.29, 1.82) is 0 Å². The van der Waals surface area contributed by atoms with E-state index in [2.05, 4.69) is 5.43 Å². The lowest BCUT2D eigenvalue weighted by atomic mass is 9.98. The summed E-state index contributed by atoms with van der Waals surface area (Å²) in [7, 11) is 0. The van der Waals surface area contributed by atoms with Gasteiger partial charge in [-0.25, -0.2) is 4.39 Å². The molecule has 3 N–H and O–H groups in total. The van der Waals surface area contributed by atoms with Gasteiger partial charge in [-0.1, -0.05) is 18.2 Å². The van der Waals surface area contributed by atoms with Crippen molar-refractivity contribution < 1.29 is 9.13 Å². The van der Waals surface area contributed by atoms with Crippen LogP contribution in [0.5, 0.6) is 0 Å². The molecule has 0 saturated carbocycles. The van der Waals surface area contributed by atoms with Crippen LogP contribution in [0.15, 0.2) is 18.2 Å². The number of ether oxygens (including phenoxy) is 1. The molecule has 2 rings (SSSR count). The van der Waals surface area contributed by atoms with Gasteiger partial charge in [0.2, 0.25) is 0 Å². The van der Waals surface area contributed by atoms with Gasteiger partial charge < -0.3 is 4.74 Å². The fourth-order valence-electron chi connectivity index (χ4n) is 2.49. The Morgan fingerprint density at radius 3 is 3.06 bits per heavy atom. The molecular formula is C14H21FN2O. The minimum Gasteiger partial charge on any atom is -0.378 e. The Labute approximate surface area is 107 Å². The molecule has 18 heavy (non-hydrogen) atoms. The molecule has 0 aromatic heterocycles. The van der Waals surface area contributed by atoms with Gasteiger partial charge in [0.05, 0.1) is 6.10 Å². The van der Waals surface area contributed by atoms with Gasteiger partial charge in [0.1, 0.15) is 5.82 Å². The highest BCUT2D eigenvalue weighted by Gasteiger charge is 2.20. The second-order valence-corrected chi connectivity index (χ2v) is 4.91. The summed E-state index contributed by atoms with van der Waals surface area (Å²) in [6.07, 6.45) is 4.26. The summed E-state index contributed by atoms with van der Waals surface area (Å²) >= 11 is 0. The topological polar surface area (TPSA) is 47.3 Å². The van der Waals surface area contributed by atoms with Crippen LogP contribution < -0.4 is 11.3 Å². The summed E-state index contributed by atoms with van der Waals surface area (Å²) in [5.41, 5.74) is 4.02. The fourth-order valence-corrected chi connectivity index (χ4v) is 2.49. The van der Waals surface area contributed by atoms with Gasteiger partial charge in [0.25, 0.3) is 0 Å². The summed E-state index contributed by atoms with van der Waals surface area (Å²) in [6, 6.07) is 5.29. The summed E-state index contributed by atoms with van der Waals surface area (Å²) in [6.45, 7) is 2.62. The van der Waals surface area contributed by atoms with Crippen molar-refractivity contribution in [3.8, 4) is 0 Å². The Hall–Kier alpha value is -0.970. The third-order valence-electron chi connectivity index (χ3n) is 3.60. The molecule has 1 aliphatic heterocycles.